The fraction of sp³-hybridized carbons (Fsp3) is 0.353. The minimum atomic E-state index is -1.53. The smallest absolute Gasteiger partial charge is 0.0799 e. The van der Waals surface area contributed by atoms with Crippen LogP contribution in [0, 0.1) is 0 Å². The van der Waals surface area contributed by atoms with Gasteiger partial charge in [-0.15, -0.1) is 0 Å². The van der Waals surface area contributed by atoms with E-state index in [0.29, 0.717) is 6.04 Å². The highest BCUT2D eigenvalue weighted by Gasteiger charge is 2.22. The first kappa shape index (κ1) is 11.4. The summed E-state index contributed by atoms with van der Waals surface area (Å²) in [5.74, 6) is -0.636. The van der Waals surface area contributed by atoms with Crippen molar-refractivity contribution in [1.82, 2.24) is 4.98 Å². The molecular formula is C17H23NSi. The van der Waals surface area contributed by atoms with Crippen LogP contribution < -0.4 is 5.19 Å². The van der Waals surface area contributed by atoms with Gasteiger partial charge in [0.2, 0.25) is 0 Å². The zero-order chi connectivity index (χ0) is 15.8. The van der Waals surface area contributed by atoms with Crippen LogP contribution in [0.4, 0.5) is 0 Å². The molecule has 1 nitrogen and oxygen atoms in total. The molecule has 0 saturated heterocycles. The Morgan fingerprint density at radius 1 is 1.21 bits per heavy atom. The summed E-state index contributed by atoms with van der Waals surface area (Å²) in [7, 11) is -1.53. The van der Waals surface area contributed by atoms with Gasteiger partial charge in [-0.3, -0.25) is 4.98 Å². The van der Waals surface area contributed by atoms with Crippen molar-refractivity contribution < 1.29 is 2.74 Å². The van der Waals surface area contributed by atoms with Crippen molar-refractivity contribution in [3.63, 3.8) is 0 Å². The maximum absolute atomic E-state index is 8.45. The Hall–Kier alpha value is -1.41. The molecule has 0 N–H and O–H groups in total. The molecule has 0 aliphatic heterocycles. The molecule has 0 radical (unpaired) electrons. The highest BCUT2D eigenvalue weighted by Crippen LogP contribution is 2.22. The Kier molecular flexibility index (Phi) is 3.18. The van der Waals surface area contributed by atoms with Gasteiger partial charge in [-0.25, -0.2) is 0 Å². The topological polar surface area (TPSA) is 12.9 Å². The van der Waals surface area contributed by atoms with E-state index in [0.717, 1.165) is 16.8 Å². The quantitative estimate of drug-likeness (QED) is 0.753. The lowest BCUT2D eigenvalue weighted by atomic mass is 10.0. The molecule has 1 aromatic heterocycles. The molecule has 0 aliphatic rings. The third-order valence-electron chi connectivity index (χ3n) is 3.26. The molecule has 2 rings (SSSR count). The van der Waals surface area contributed by atoms with Crippen LogP contribution in [-0.4, -0.2) is 13.1 Å². The predicted molar refractivity (Wildman–Crippen MR) is 86.7 cm³/mol. The SMILES string of the molecule is [2H]c1ccc(-c2cc(C([2H])(C)C)c([Si](C)(C)C)cn2)cc1. The molecule has 1 heterocycles. The second-order valence-electron chi connectivity index (χ2n) is 6.15. The van der Waals surface area contributed by atoms with Crippen LogP contribution in [0.25, 0.3) is 11.3 Å². The van der Waals surface area contributed by atoms with Gasteiger partial charge < -0.3 is 0 Å². The molecule has 1 aromatic carbocycles. The minimum Gasteiger partial charge on any atom is -0.256 e. The number of nitrogens with zero attached hydrogens (tertiary/aromatic N) is 1. The van der Waals surface area contributed by atoms with Gasteiger partial charge in [0.15, 0.2) is 0 Å². The number of aromatic nitrogens is 1. The average Bonchev–Trinajstić information content (AvgIpc) is 2.37. The fourth-order valence-electron chi connectivity index (χ4n) is 2.18. The van der Waals surface area contributed by atoms with Crippen LogP contribution in [0.15, 0.2) is 42.6 Å². The Bertz CT molecular complexity index is 637. The normalized spacial score (nSPS) is 13.9. The Morgan fingerprint density at radius 2 is 1.84 bits per heavy atom. The third kappa shape index (κ3) is 3.13. The van der Waals surface area contributed by atoms with Gasteiger partial charge in [-0.1, -0.05) is 63.8 Å². The van der Waals surface area contributed by atoms with Crippen LogP contribution in [0.5, 0.6) is 0 Å². The monoisotopic (exact) mass is 271 g/mol. The van der Waals surface area contributed by atoms with Crippen molar-refractivity contribution in [3.05, 3.63) is 48.1 Å². The van der Waals surface area contributed by atoms with Gasteiger partial charge in [-0.2, -0.15) is 0 Å². The van der Waals surface area contributed by atoms with Crippen LogP contribution in [-0.2, 0) is 0 Å². The summed E-state index contributed by atoms with van der Waals surface area (Å²) in [6.07, 6.45) is 1.96. The molecule has 100 valence electrons. The van der Waals surface area contributed by atoms with E-state index in [-0.39, 0.29) is 0 Å². The molecule has 0 aliphatic carbocycles. The number of hydrogen-bond acceptors (Lipinski definition) is 1. The lowest BCUT2D eigenvalue weighted by Crippen LogP contribution is -2.40. The largest absolute Gasteiger partial charge is 0.256 e. The Labute approximate surface area is 120 Å². The van der Waals surface area contributed by atoms with Crippen LogP contribution in [0.2, 0.25) is 19.6 Å². The van der Waals surface area contributed by atoms with Gasteiger partial charge in [0, 0.05) is 13.1 Å². The van der Waals surface area contributed by atoms with Crippen molar-refractivity contribution in [1.29, 1.82) is 0 Å². The van der Waals surface area contributed by atoms with E-state index in [1.54, 1.807) is 12.1 Å². The summed E-state index contributed by atoms with van der Waals surface area (Å²) in [5.41, 5.74) is 2.95. The molecule has 0 spiro atoms. The van der Waals surface area contributed by atoms with Crippen LogP contribution >= 0.6 is 0 Å². The molecule has 0 bridgehead atoms. The summed E-state index contributed by atoms with van der Waals surface area (Å²) in [6, 6.07) is 9.93. The molecule has 0 atom stereocenters. The third-order valence-corrected chi connectivity index (χ3v) is 5.28. The fourth-order valence-corrected chi connectivity index (χ4v) is 3.76. The van der Waals surface area contributed by atoms with E-state index >= 15 is 0 Å². The van der Waals surface area contributed by atoms with Crippen molar-refractivity contribution in [2.24, 2.45) is 0 Å². The molecule has 0 amide bonds. The zero-order valence-electron chi connectivity index (χ0n) is 14.4. The summed E-state index contributed by atoms with van der Waals surface area (Å²) in [4.78, 5) is 4.61. The number of benzene rings is 1. The number of rotatable bonds is 3. The summed E-state index contributed by atoms with van der Waals surface area (Å²) < 4.78 is 16.0. The number of hydrogen-bond donors (Lipinski definition) is 0. The first-order valence-corrected chi connectivity index (χ1v) is 10.2. The van der Waals surface area contributed by atoms with Gasteiger partial charge in [0.05, 0.1) is 15.1 Å². The maximum Gasteiger partial charge on any atom is 0.0799 e. The lowest BCUT2D eigenvalue weighted by molar-refractivity contribution is 0.870. The van der Waals surface area contributed by atoms with Crippen molar-refractivity contribution in [3.8, 4) is 11.3 Å². The second kappa shape index (κ2) is 5.30. The van der Waals surface area contributed by atoms with Crippen molar-refractivity contribution in [2.75, 3.05) is 0 Å². The molecule has 0 unspecified atom stereocenters. The van der Waals surface area contributed by atoms with Crippen LogP contribution in [0.1, 0.15) is 28.0 Å². The van der Waals surface area contributed by atoms with E-state index in [1.807, 2.05) is 32.2 Å². The van der Waals surface area contributed by atoms with Crippen LogP contribution in [0.3, 0.4) is 0 Å². The molecule has 0 saturated carbocycles. The summed E-state index contributed by atoms with van der Waals surface area (Å²) >= 11 is 0. The Morgan fingerprint density at radius 3 is 2.37 bits per heavy atom. The Balaban J connectivity index is 2.60. The first-order chi connectivity index (χ1) is 9.59. The summed E-state index contributed by atoms with van der Waals surface area (Å²) in [6.45, 7) is 10.7. The van der Waals surface area contributed by atoms with Crippen molar-refractivity contribution >= 4 is 13.3 Å². The lowest BCUT2D eigenvalue weighted by Gasteiger charge is -2.23. The first-order valence-electron chi connectivity index (χ1n) is 7.67. The molecular weight excluding hydrogens is 246 g/mol. The van der Waals surface area contributed by atoms with E-state index in [4.69, 9.17) is 2.74 Å². The van der Waals surface area contributed by atoms with Crippen molar-refractivity contribution in [2.45, 2.75) is 39.4 Å². The van der Waals surface area contributed by atoms with E-state index in [9.17, 15) is 0 Å². The molecule has 19 heavy (non-hydrogen) atoms. The van der Waals surface area contributed by atoms with Gasteiger partial charge in [0.25, 0.3) is 0 Å². The standard InChI is InChI=1S/C17H23NSi/c1-13(2)15-11-16(14-9-7-6-8-10-14)18-12-17(15)19(3,4)5/h6-13H,1-5H3/i6D,13D. The molecule has 2 heteroatoms. The second-order valence-corrected chi connectivity index (χ2v) is 11.2. The predicted octanol–water partition coefficient (Wildman–Crippen LogP) is 4.42. The highest BCUT2D eigenvalue weighted by molar-refractivity contribution is 6.89. The zero-order valence-corrected chi connectivity index (χ0v) is 13.4. The molecule has 0 fully saturated rings. The van der Waals surface area contributed by atoms with E-state index in [1.165, 1.54) is 5.19 Å². The highest BCUT2D eigenvalue weighted by atomic mass is 28.3. The maximum atomic E-state index is 8.45. The van der Waals surface area contributed by atoms with Gasteiger partial charge in [0.1, 0.15) is 0 Å². The summed E-state index contributed by atoms with van der Waals surface area (Å²) in [5, 5.41) is 1.25. The average molecular weight is 271 g/mol. The van der Waals surface area contributed by atoms with Gasteiger partial charge >= 0.3 is 0 Å². The molecule has 2 aromatic rings. The van der Waals surface area contributed by atoms with E-state index < -0.39 is 14.0 Å². The number of pyridine rings is 1. The van der Waals surface area contributed by atoms with Gasteiger partial charge in [-0.05, 0) is 22.7 Å². The minimum absolute atomic E-state index is 0.499. The van der Waals surface area contributed by atoms with E-state index in [2.05, 4.69) is 30.7 Å².